The summed E-state index contributed by atoms with van der Waals surface area (Å²) in [5.74, 6) is 1.31. The fourth-order valence-corrected chi connectivity index (χ4v) is 9.03. The first-order valence-electron chi connectivity index (χ1n) is 29.8. The van der Waals surface area contributed by atoms with Crippen LogP contribution in [0.1, 0.15) is 130 Å². The van der Waals surface area contributed by atoms with E-state index in [-0.39, 0.29) is 135 Å². The van der Waals surface area contributed by atoms with Gasteiger partial charge in [-0.15, -0.1) is 24.0 Å². The van der Waals surface area contributed by atoms with E-state index in [1.807, 2.05) is 77.0 Å². The maximum Gasteiger partial charge on any atom is 1.00 e. The summed E-state index contributed by atoms with van der Waals surface area (Å²) in [6.45, 7) is 10.8. The van der Waals surface area contributed by atoms with Gasteiger partial charge in [-0.2, -0.15) is 25.4 Å². The van der Waals surface area contributed by atoms with E-state index in [1.165, 1.54) is 71.6 Å². The minimum Gasteiger partial charge on any atom is 1.00 e. The van der Waals surface area contributed by atoms with E-state index in [4.69, 9.17) is 59.1 Å². The van der Waals surface area contributed by atoms with Crippen LogP contribution >= 0.6 is 119 Å². The number of amides is 4. The summed E-state index contributed by atoms with van der Waals surface area (Å²) in [6, 6.07) is 9.98. The number of anilines is 3. The average Bonchev–Trinajstić information content (AvgIpc) is 1.62. The fraction of sp³-hybridized carbons (Fsp3) is 0.491. The second kappa shape index (κ2) is 48.0. The molecule has 4 aliphatic carbocycles. The molecule has 4 amide bonds. The van der Waals surface area contributed by atoms with E-state index >= 15 is 0 Å². The Labute approximate surface area is 679 Å². The van der Waals surface area contributed by atoms with Gasteiger partial charge in [0.25, 0.3) is 6.47 Å². The number of guanidine groups is 1. The fourth-order valence-electron chi connectivity index (χ4n) is 8.11. The first-order valence-corrected chi connectivity index (χ1v) is 33.2. The Morgan fingerprint density at radius 1 is 0.792 bits per heavy atom. The van der Waals surface area contributed by atoms with Crippen LogP contribution in [0, 0.1) is 0 Å². The van der Waals surface area contributed by atoms with Crippen LogP contribution in [0.5, 0.6) is 0 Å². The van der Waals surface area contributed by atoms with Gasteiger partial charge in [0.05, 0.1) is 58.4 Å². The molecule has 4 saturated carbocycles. The zero-order valence-electron chi connectivity index (χ0n) is 55.2. The van der Waals surface area contributed by atoms with E-state index in [0.29, 0.717) is 60.2 Å². The Morgan fingerprint density at radius 3 is 1.64 bits per heavy atom. The van der Waals surface area contributed by atoms with E-state index in [1.54, 1.807) is 35.9 Å². The summed E-state index contributed by atoms with van der Waals surface area (Å²) in [5, 5.41) is 30.3. The number of ketones is 1. The number of hydrogen-bond donors (Lipinski definition) is 5. The first kappa shape index (κ1) is 86.3. The number of alkyl halides is 7. The number of hydrogen-bond acceptors (Lipinski definition) is 17. The van der Waals surface area contributed by atoms with Crippen molar-refractivity contribution in [3.8, 4) is 34.2 Å². The monoisotopic (exact) mass is 1840 g/mol. The summed E-state index contributed by atoms with van der Waals surface area (Å²) >= 11 is 27.6. The summed E-state index contributed by atoms with van der Waals surface area (Å²) in [7, 11) is 2.34. The number of fused-ring (bicyclic) bond motifs is 2. The molecule has 6 aliphatic rings. The van der Waals surface area contributed by atoms with Crippen LogP contribution in [0.15, 0.2) is 75.3 Å². The minimum absolute atomic E-state index is 0. The molecule has 13 rings (SSSR count). The number of H-pyrrole nitrogens is 1. The molecule has 0 atom stereocenters. The largest absolute Gasteiger partial charge is 1.00 e. The van der Waals surface area contributed by atoms with Gasteiger partial charge < -0.3 is 35.7 Å². The first-order chi connectivity index (χ1) is 45.8. The van der Waals surface area contributed by atoms with Crippen LogP contribution < -0.4 is 101 Å². The molecule has 96 heavy (non-hydrogen) atoms. The van der Waals surface area contributed by atoms with Crippen molar-refractivity contribution < 1.29 is 119 Å². The Hall–Kier alpha value is -3.91. The van der Waals surface area contributed by atoms with Crippen molar-refractivity contribution >= 4 is 187 Å². The molecule has 0 aromatic carbocycles. The molecule has 1 radical (unpaired) electrons. The zero-order chi connectivity index (χ0) is 71.6. The molecule has 0 spiro atoms. The SMILES string of the molecule is CC(=O)N1CCn2c1nc(-c1ccn(C3CC3)n1)c2Br.CC(=O)N1CCn2cc(-c3ccn(C4CC4)n3)nc21.CC(=O)N=C(N)N.CC(=O)Nc1ncc(-c2ccn(C3CC3)n2)[nH]1.CCCBr.ClC(Cl)Cl.I.O=C(CBr)c1ccn(C2CC2)n1.O=CO[O-].[2H]CF.[2H]CF.[B]=NS.[Cs+]. The van der Waals surface area contributed by atoms with Gasteiger partial charge in [0, 0.05) is 90.2 Å². The molecule has 0 bridgehead atoms. The Kier molecular flexibility index (Phi) is 43.2. The van der Waals surface area contributed by atoms with Gasteiger partial charge in [0.2, 0.25) is 41.5 Å². The number of aromatic nitrogens is 14. The van der Waals surface area contributed by atoms with Gasteiger partial charge in [-0.3, -0.25) is 71.4 Å². The maximum atomic E-state index is 11.6. The number of nitrogens with two attached hydrogens (primary N) is 2. The van der Waals surface area contributed by atoms with Crippen LogP contribution in [-0.4, -0.2) is 160 Å². The van der Waals surface area contributed by atoms with Gasteiger partial charge in [0.15, 0.2) is 16.0 Å². The Bertz CT molecular complexity index is 3590. The van der Waals surface area contributed by atoms with Crippen LogP contribution in [0.2, 0.25) is 0 Å². The van der Waals surface area contributed by atoms with Crippen LogP contribution in [0.3, 0.4) is 0 Å². The molecule has 7 aromatic heterocycles. The van der Waals surface area contributed by atoms with Gasteiger partial charge in [-0.05, 0) is 98.0 Å². The van der Waals surface area contributed by atoms with Gasteiger partial charge in [0.1, 0.15) is 38.8 Å². The predicted octanol–water partition coefficient (Wildman–Crippen LogP) is 7.02. The topological polar surface area (TPSA) is 366 Å². The van der Waals surface area contributed by atoms with Crippen LogP contribution in [0.25, 0.3) is 34.2 Å². The van der Waals surface area contributed by atoms with Crippen molar-refractivity contribution in [3.05, 3.63) is 71.7 Å². The van der Waals surface area contributed by atoms with Gasteiger partial charge >= 0.3 is 93.6 Å². The summed E-state index contributed by atoms with van der Waals surface area (Å²) < 4.78 is 45.8. The number of aromatic amines is 1. The van der Waals surface area contributed by atoms with Crippen LogP contribution in [-0.2, 0) is 41.9 Å². The number of nitrogens with zero attached hydrogens (tertiary/aromatic N) is 17. The molecule has 4 fully saturated rings. The van der Waals surface area contributed by atoms with E-state index in [0.717, 1.165) is 63.1 Å². The molecular formula is C55H75BBr3Cl3CsF2IN21O8S. The van der Waals surface area contributed by atoms with E-state index in [2.05, 4.69) is 135 Å². The number of aliphatic imine (C=N–C) groups is 1. The minimum atomic E-state index is -1.00. The third kappa shape index (κ3) is 31.3. The number of halogens is 9. The zero-order valence-corrected chi connectivity index (χ0v) is 69.8. The van der Waals surface area contributed by atoms with Crippen molar-refractivity contribution in [3.63, 3.8) is 0 Å². The standard InChI is InChI=1S/C13H14BrN5O.C13H15N5O.C11H13N5O.C8H9BrN2O.C3H7Br.C3H7N3O.CHCl3.2CH3F.CH2O3.BHNS.Cs.HI/c1-8(20)17-6-7-18-12(14)11(15-13(17)18)10-4-5-19(16-10)9-2-3-9;1-9(19)17-7-6-16-8-12(14-13(16)17)11-4-5-18(15-11)10-2-3-10;1-7(17)13-11-12-6-10(14-11)9-4-5-16(15-9)8-2-3-8;9-5-8(12)7-3-4-11(10-7)6-1-2-6;1-2-3-4;1-2(7)6-3(4)5;2-1(3)4;2*1-2;2-1-4-3;1-2-3;;/h4-5,9H,2-3,6-7H2,1H3;4-5,8,10H,2-3,6-7H2,1H3;4-6,8H,2-3H2,1H3,(H2,12,13,14,17);3-4,6H,1-2,5H2;2-3H2,1H3;1H3,(H4,4,5,6,7);1H;2*1H3;1,3H;3H;;1H/q;;;;;;;;;;;+1;/p-1/i;;;;;;;2*1D;;;;. The third-order valence-corrected chi connectivity index (χ3v) is 14.8. The number of carbonyl (C=O) groups is 6. The number of thiol groups is 1. The molecule has 2 aliphatic heterocycles. The second-order valence-electron chi connectivity index (χ2n) is 20.0. The number of nitrogens with one attached hydrogen (secondary N) is 2. The van der Waals surface area contributed by atoms with E-state index in [9.17, 15) is 32.8 Å². The number of carbonyl (C=O) groups excluding carboxylic acids is 6. The van der Waals surface area contributed by atoms with E-state index < -0.39 is 18.6 Å². The molecule has 521 valence electrons. The molecule has 9 heterocycles. The third-order valence-electron chi connectivity index (χ3n) is 12.7. The molecular weight excluding hydrogens is 1770 g/mol. The molecule has 7 aromatic rings. The summed E-state index contributed by atoms with van der Waals surface area (Å²) in [5.41, 5.74) is 15.2. The summed E-state index contributed by atoms with van der Waals surface area (Å²) in [4.78, 5) is 89.0. The van der Waals surface area contributed by atoms with Crippen molar-refractivity contribution in [2.24, 2.45) is 20.8 Å². The number of rotatable bonds is 12. The normalized spacial score (nSPS) is 13.9. The molecule has 29 nitrogen and oxygen atoms in total. The molecule has 0 saturated heterocycles. The number of imidazole rings is 3. The summed E-state index contributed by atoms with van der Waals surface area (Å²) in [6.07, 6.45) is 22.4. The number of Topliss-reactive ketones (excluding diaryl/α,β-unsaturated/α-hetero) is 1. The second-order valence-corrected chi connectivity index (χ2v) is 24.3. The average molecular weight is 1850 g/mol. The maximum absolute atomic E-state index is 11.6. The van der Waals surface area contributed by atoms with Crippen molar-refractivity contribution in [1.29, 1.82) is 0 Å². The predicted molar refractivity (Wildman–Crippen MR) is 384 cm³/mol. The Morgan fingerprint density at radius 2 is 1.22 bits per heavy atom. The molecule has 0 unspecified atom stereocenters. The van der Waals surface area contributed by atoms with Crippen molar-refractivity contribution in [2.75, 3.05) is 53.2 Å². The Balaban J connectivity index is 0.000000580. The van der Waals surface area contributed by atoms with Gasteiger partial charge in [-0.25, -0.2) is 15.0 Å². The van der Waals surface area contributed by atoms with Crippen molar-refractivity contribution in [2.45, 2.75) is 134 Å². The molecule has 6 N–H and O–H groups in total. The quantitative estimate of drug-likeness (QED) is 0.00784. The van der Waals surface area contributed by atoms with Crippen LogP contribution in [0.4, 0.5) is 26.6 Å². The van der Waals surface area contributed by atoms with Crippen molar-refractivity contribution in [1.82, 2.24) is 68.2 Å². The van der Waals surface area contributed by atoms with Gasteiger partial charge in [-0.1, -0.05) is 73.6 Å². The molecule has 41 heteroatoms. The smallest absolute Gasteiger partial charge is 1.00 e.